The summed E-state index contributed by atoms with van der Waals surface area (Å²) in [6, 6.07) is 9.59. The van der Waals surface area contributed by atoms with Crippen molar-refractivity contribution >= 4 is 34.4 Å². The van der Waals surface area contributed by atoms with Crippen molar-refractivity contribution in [1.82, 2.24) is 9.88 Å². The molecule has 0 amide bonds. The van der Waals surface area contributed by atoms with E-state index in [1.54, 1.807) is 27.0 Å². The van der Waals surface area contributed by atoms with Gasteiger partial charge in [0.1, 0.15) is 30.3 Å². The lowest BCUT2D eigenvalue weighted by Gasteiger charge is -2.47. The first-order valence-electron chi connectivity index (χ1n) is 20.9. The molecular weight excluding hydrogens is 743 g/mol. The van der Waals surface area contributed by atoms with E-state index >= 15 is 0 Å². The molecule has 13 nitrogen and oxygen atoms in total. The van der Waals surface area contributed by atoms with Crippen LogP contribution in [-0.2, 0) is 33.4 Å². The van der Waals surface area contributed by atoms with E-state index < -0.39 is 77.3 Å². The minimum Gasteiger partial charge on any atom is -0.459 e. The van der Waals surface area contributed by atoms with Crippen LogP contribution in [-0.4, -0.2) is 124 Å². The summed E-state index contributed by atoms with van der Waals surface area (Å²) in [7, 11) is 3.77. The predicted molar refractivity (Wildman–Crippen MR) is 224 cm³/mol. The fourth-order valence-corrected chi connectivity index (χ4v) is 8.42. The number of cyclic esters (lactones) is 1. The third-order valence-electron chi connectivity index (χ3n) is 11.9. The number of aromatic nitrogens is 1. The lowest BCUT2D eigenvalue weighted by atomic mass is 9.74. The highest BCUT2D eigenvalue weighted by molar-refractivity contribution is 6.00. The number of ketones is 1. The van der Waals surface area contributed by atoms with Gasteiger partial charge >= 0.3 is 5.97 Å². The summed E-state index contributed by atoms with van der Waals surface area (Å²) in [5, 5.41) is 41.0. The number of para-hydroxylation sites is 1. The van der Waals surface area contributed by atoms with Gasteiger partial charge in [0.25, 0.3) is 0 Å². The van der Waals surface area contributed by atoms with Crippen LogP contribution in [0.1, 0.15) is 94.1 Å². The molecule has 2 fully saturated rings. The van der Waals surface area contributed by atoms with Crippen molar-refractivity contribution in [1.29, 1.82) is 0 Å². The molecule has 2 aliphatic heterocycles. The molecular formula is C45H69N3O10. The summed E-state index contributed by atoms with van der Waals surface area (Å²) in [5.41, 5.74) is -1.03. The van der Waals surface area contributed by atoms with Crippen molar-refractivity contribution < 1.29 is 48.7 Å². The number of rotatable bonds is 11. The Balaban J connectivity index is 1.86. The van der Waals surface area contributed by atoms with Crippen LogP contribution in [0.4, 0.5) is 0 Å². The number of ether oxygens (including phenoxy) is 4. The van der Waals surface area contributed by atoms with E-state index in [-0.39, 0.29) is 37.5 Å². The number of Topliss-reactive ketones (excluding diaryl/α,β-unsaturated/α-hetero) is 1. The highest BCUT2D eigenvalue weighted by Crippen LogP contribution is 2.39. The van der Waals surface area contributed by atoms with Crippen molar-refractivity contribution in [2.45, 2.75) is 143 Å². The van der Waals surface area contributed by atoms with Crippen molar-refractivity contribution in [3.05, 3.63) is 48.2 Å². The predicted octanol–water partition coefficient (Wildman–Crippen LogP) is 5.81. The van der Waals surface area contributed by atoms with Gasteiger partial charge in [-0.2, -0.15) is 0 Å². The Kier molecular flexibility index (Phi) is 16.6. The van der Waals surface area contributed by atoms with Crippen LogP contribution in [0, 0.1) is 29.6 Å². The van der Waals surface area contributed by atoms with Gasteiger partial charge < -0.3 is 44.0 Å². The molecule has 58 heavy (non-hydrogen) atoms. The molecule has 324 valence electrons. The standard InChI is InChI=1S/C45H69N3O10/c1-13-36-45(10,53)40(51)29(6)37(47-55-25-26(2)3)27(4)23-44(9,54-20-16-17-32-22-33-18-14-15-19-34(33)46-24-32)41(30(7)38(49)31(8)42(52)57-36)58-43-39(50)35(48(11)12)21-28(5)56-43/h14-19,22,24,26-31,35-36,39-41,43,50-51,53H,13,20-21,23,25H2,1-12H3/b17-16+,47-37+/t27-,28-,29+,30+,31-,35+,36-,39-,40-,41-,43+,44+,45-/m1/s1. The van der Waals surface area contributed by atoms with Gasteiger partial charge in [-0.25, -0.2) is 0 Å². The van der Waals surface area contributed by atoms with E-state index in [9.17, 15) is 24.9 Å². The van der Waals surface area contributed by atoms with Gasteiger partial charge in [0.2, 0.25) is 0 Å². The molecule has 3 N–H and O–H groups in total. The highest BCUT2D eigenvalue weighted by Gasteiger charge is 2.52. The Morgan fingerprint density at radius 2 is 1.76 bits per heavy atom. The minimum absolute atomic E-state index is 0.0839. The van der Waals surface area contributed by atoms with Crippen molar-refractivity contribution in [2.75, 3.05) is 27.3 Å². The monoisotopic (exact) mass is 811 g/mol. The molecule has 0 aliphatic carbocycles. The van der Waals surface area contributed by atoms with Gasteiger partial charge in [-0.15, -0.1) is 0 Å². The molecule has 2 aliphatic rings. The fourth-order valence-electron chi connectivity index (χ4n) is 8.42. The zero-order valence-electron chi connectivity index (χ0n) is 36.6. The largest absolute Gasteiger partial charge is 0.459 e. The van der Waals surface area contributed by atoms with E-state index in [4.69, 9.17) is 23.8 Å². The molecule has 1 aromatic carbocycles. The number of hydrogen-bond donors (Lipinski definition) is 3. The van der Waals surface area contributed by atoms with Gasteiger partial charge in [0.15, 0.2) is 12.1 Å². The molecule has 13 heteroatoms. The zero-order chi connectivity index (χ0) is 43.1. The first-order chi connectivity index (χ1) is 27.2. The number of carbonyl (C=O) groups is 2. The molecule has 0 radical (unpaired) electrons. The van der Waals surface area contributed by atoms with Crippen molar-refractivity contribution in [3.8, 4) is 0 Å². The Morgan fingerprint density at radius 1 is 1.07 bits per heavy atom. The van der Waals surface area contributed by atoms with E-state index in [2.05, 4.69) is 10.1 Å². The van der Waals surface area contributed by atoms with E-state index in [1.165, 1.54) is 13.8 Å². The summed E-state index contributed by atoms with van der Waals surface area (Å²) in [6.07, 6.45) is 0.327. The van der Waals surface area contributed by atoms with Crippen LogP contribution in [0.3, 0.4) is 0 Å². The van der Waals surface area contributed by atoms with Crippen LogP contribution in [0.25, 0.3) is 17.0 Å². The normalized spacial score (nSPS) is 36.8. The summed E-state index contributed by atoms with van der Waals surface area (Å²) < 4.78 is 25.8. The molecule has 0 bridgehead atoms. The maximum atomic E-state index is 14.5. The second-order valence-corrected chi connectivity index (χ2v) is 17.6. The molecule has 0 unspecified atom stereocenters. The number of benzene rings is 1. The molecule has 2 saturated heterocycles. The molecule has 2 aromatic rings. The van der Waals surface area contributed by atoms with E-state index in [0.29, 0.717) is 18.7 Å². The number of hydrogen-bond acceptors (Lipinski definition) is 13. The number of pyridine rings is 1. The Hall–Kier alpha value is -3.30. The van der Waals surface area contributed by atoms with Gasteiger partial charge in [0, 0.05) is 35.4 Å². The summed E-state index contributed by atoms with van der Waals surface area (Å²) in [6.45, 7) is 18.2. The molecule has 13 atom stereocenters. The molecule has 1 aromatic heterocycles. The number of fused-ring (bicyclic) bond motifs is 1. The first-order valence-corrected chi connectivity index (χ1v) is 20.9. The Bertz CT molecular complexity index is 1730. The van der Waals surface area contributed by atoms with Crippen LogP contribution in [0.15, 0.2) is 47.8 Å². The topological polar surface area (TPSA) is 169 Å². The maximum Gasteiger partial charge on any atom is 0.316 e. The zero-order valence-corrected chi connectivity index (χ0v) is 36.6. The molecule has 4 rings (SSSR count). The van der Waals surface area contributed by atoms with Crippen LogP contribution >= 0.6 is 0 Å². The highest BCUT2D eigenvalue weighted by atomic mass is 16.7. The minimum atomic E-state index is -1.91. The number of esters is 1. The number of aliphatic hydroxyl groups is 3. The van der Waals surface area contributed by atoms with E-state index in [0.717, 1.165) is 16.5 Å². The lowest BCUT2D eigenvalue weighted by Crippen LogP contribution is -2.60. The number of oxime groups is 1. The SMILES string of the molecule is CC[C@H]1OC(=O)[C@H](C)C(=O)[C@H](C)[C@@H](O[C@@H]2O[C@H](C)C[C@H](N(C)C)[C@H]2O)[C@@](C)(OC/C=C/c2cnc3ccccc3c2)C[C@@H](C)/C(=N\OCC(C)C)[C@H](C)[C@@H](O)[C@]1(C)O. The summed E-state index contributed by atoms with van der Waals surface area (Å²) in [5.74, 6) is -4.67. The summed E-state index contributed by atoms with van der Waals surface area (Å²) >= 11 is 0. The lowest BCUT2D eigenvalue weighted by molar-refractivity contribution is -0.296. The Morgan fingerprint density at radius 3 is 2.41 bits per heavy atom. The third kappa shape index (κ3) is 11.3. The third-order valence-corrected chi connectivity index (χ3v) is 11.9. The van der Waals surface area contributed by atoms with E-state index in [1.807, 2.05) is 96.1 Å². The average Bonchev–Trinajstić information content (AvgIpc) is 3.17. The van der Waals surface area contributed by atoms with Gasteiger partial charge in [0.05, 0.1) is 41.7 Å². The van der Waals surface area contributed by atoms with Crippen molar-refractivity contribution in [2.24, 2.45) is 34.7 Å². The van der Waals surface area contributed by atoms with Gasteiger partial charge in [-0.3, -0.25) is 14.6 Å². The van der Waals surface area contributed by atoms with Gasteiger partial charge in [-0.1, -0.05) is 77.0 Å². The number of carbonyl (C=O) groups excluding carboxylic acids is 2. The number of nitrogens with zero attached hydrogens (tertiary/aromatic N) is 3. The molecule has 3 heterocycles. The molecule has 0 saturated carbocycles. The first kappa shape index (κ1) is 47.4. The Labute approximate surface area is 345 Å². The smallest absolute Gasteiger partial charge is 0.316 e. The van der Waals surface area contributed by atoms with Crippen LogP contribution in [0.5, 0.6) is 0 Å². The quantitative estimate of drug-likeness (QED) is 0.142. The fraction of sp³-hybridized carbons (Fsp3) is 0.689. The second kappa shape index (κ2) is 20.3. The van der Waals surface area contributed by atoms with Crippen molar-refractivity contribution in [3.63, 3.8) is 0 Å². The summed E-state index contributed by atoms with van der Waals surface area (Å²) in [4.78, 5) is 40.6. The average molecular weight is 812 g/mol. The van der Waals surface area contributed by atoms with Crippen LogP contribution in [0.2, 0.25) is 0 Å². The number of likely N-dealkylation sites (N-methyl/N-ethyl adjacent to an activating group) is 1. The second-order valence-electron chi connectivity index (χ2n) is 17.6. The number of aliphatic hydroxyl groups excluding tert-OH is 2. The molecule has 0 spiro atoms. The van der Waals surface area contributed by atoms with Crippen LogP contribution < -0.4 is 0 Å². The van der Waals surface area contributed by atoms with Gasteiger partial charge in [-0.05, 0) is 84.7 Å². The maximum absolute atomic E-state index is 14.5.